The summed E-state index contributed by atoms with van der Waals surface area (Å²) in [5.74, 6) is 1.67. The minimum atomic E-state index is 0.134. The lowest BCUT2D eigenvalue weighted by atomic mass is 10.3. The monoisotopic (exact) mass is 260 g/mol. The summed E-state index contributed by atoms with van der Waals surface area (Å²) in [6.45, 7) is 2.12. The molecule has 0 saturated heterocycles. The van der Waals surface area contributed by atoms with Crippen LogP contribution in [-0.4, -0.2) is 27.1 Å². The lowest BCUT2D eigenvalue weighted by Gasteiger charge is -2.06. The third kappa shape index (κ3) is 3.01. The van der Waals surface area contributed by atoms with E-state index in [1.165, 1.54) is 0 Å². The molecule has 0 bridgehead atoms. The topological polar surface area (TPSA) is 34.9 Å². The Bertz CT molecular complexity index is 508. The predicted octanol–water partition coefficient (Wildman–Crippen LogP) is 3.20. The van der Waals surface area contributed by atoms with Crippen molar-refractivity contribution in [1.29, 1.82) is 0 Å². The van der Waals surface area contributed by atoms with Crippen molar-refractivity contribution in [3.8, 4) is 5.69 Å². The van der Waals surface area contributed by atoms with Crippen LogP contribution in [0.4, 0.5) is 0 Å². The minimum absolute atomic E-state index is 0.134. The second kappa shape index (κ2) is 6.40. The molecule has 2 aromatic rings. The molecule has 0 aliphatic rings. The van der Waals surface area contributed by atoms with Gasteiger partial charge in [0.25, 0.3) is 0 Å². The molecule has 1 aromatic carbocycles. The predicted molar refractivity (Wildman–Crippen MR) is 75.5 cm³/mol. The molecule has 0 aliphatic carbocycles. The third-order valence-electron chi connectivity index (χ3n) is 2.51. The van der Waals surface area contributed by atoms with Crippen molar-refractivity contribution in [2.24, 2.45) is 0 Å². The number of benzene rings is 1. The summed E-state index contributed by atoms with van der Waals surface area (Å²) in [5, 5.41) is 4.22. The Kier molecular flexibility index (Phi) is 4.59. The van der Waals surface area contributed by atoms with Crippen LogP contribution >= 0.6 is 11.8 Å². The summed E-state index contributed by atoms with van der Waals surface area (Å²) >= 11 is 1.67. The molecule has 1 heterocycles. The van der Waals surface area contributed by atoms with Gasteiger partial charge >= 0.3 is 0 Å². The van der Waals surface area contributed by atoms with Gasteiger partial charge in [0.2, 0.25) is 0 Å². The van der Waals surface area contributed by atoms with E-state index in [0.29, 0.717) is 11.4 Å². The van der Waals surface area contributed by atoms with Gasteiger partial charge in [-0.1, -0.05) is 25.1 Å². The highest BCUT2D eigenvalue weighted by molar-refractivity contribution is 7.99. The smallest absolute Gasteiger partial charge is 0.191 e. The summed E-state index contributed by atoms with van der Waals surface area (Å²) in [7, 11) is 0. The first-order valence-corrected chi connectivity index (χ1v) is 7.18. The Balaban J connectivity index is 2.15. The van der Waals surface area contributed by atoms with E-state index in [2.05, 4.69) is 12.0 Å². The van der Waals surface area contributed by atoms with Gasteiger partial charge in [-0.25, -0.2) is 4.68 Å². The number of rotatable bonds is 6. The maximum atomic E-state index is 12.1. The number of aromatic nitrogens is 2. The standard InChI is InChI=1S/C14H16N2OS/c1-2-10-18-11-14(17)13-8-9-15-16(13)12-6-4-3-5-7-12/h3-9H,2,10-11H2,1H3. The van der Waals surface area contributed by atoms with Gasteiger partial charge in [-0.05, 0) is 30.4 Å². The van der Waals surface area contributed by atoms with Gasteiger partial charge in [-0.15, -0.1) is 0 Å². The zero-order chi connectivity index (χ0) is 12.8. The van der Waals surface area contributed by atoms with Crippen LogP contribution in [0.3, 0.4) is 0 Å². The summed E-state index contributed by atoms with van der Waals surface area (Å²) in [4.78, 5) is 12.1. The van der Waals surface area contributed by atoms with Crippen LogP contribution in [0.5, 0.6) is 0 Å². The second-order valence-corrected chi connectivity index (χ2v) is 5.04. The van der Waals surface area contributed by atoms with Crippen molar-refractivity contribution in [2.45, 2.75) is 13.3 Å². The van der Waals surface area contributed by atoms with Crippen molar-refractivity contribution < 1.29 is 4.79 Å². The zero-order valence-electron chi connectivity index (χ0n) is 10.4. The fourth-order valence-electron chi connectivity index (χ4n) is 1.67. The van der Waals surface area contributed by atoms with E-state index in [1.807, 2.05) is 30.3 Å². The third-order valence-corrected chi connectivity index (χ3v) is 3.67. The number of Topliss-reactive ketones (excluding diaryl/α,β-unsaturated/α-hetero) is 1. The van der Waals surface area contributed by atoms with E-state index < -0.39 is 0 Å². The first-order valence-electron chi connectivity index (χ1n) is 6.03. The van der Waals surface area contributed by atoms with Crippen molar-refractivity contribution in [2.75, 3.05) is 11.5 Å². The molecule has 0 atom stereocenters. The summed E-state index contributed by atoms with van der Waals surface area (Å²) in [5.41, 5.74) is 1.58. The lowest BCUT2D eigenvalue weighted by Crippen LogP contribution is -2.11. The SMILES string of the molecule is CCCSCC(=O)c1ccnn1-c1ccccc1. The van der Waals surface area contributed by atoms with Crippen molar-refractivity contribution >= 4 is 17.5 Å². The van der Waals surface area contributed by atoms with Crippen molar-refractivity contribution in [1.82, 2.24) is 9.78 Å². The molecule has 18 heavy (non-hydrogen) atoms. The molecule has 0 spiro atoms. The summed E-state index contributed by atoms with van der Waals surface area (Å²) < 4.78 is 1.70. The van der Waals surface area contributed by atoms with E-state index in [4.69, 9.17) is 0 Å². The van der Waals surface area contributed by atoms with E-state index in [0.717, 1.165) is 17.9 Å². The first kappa shape index (κ1) is 12.9. The van der Waals surface area contributed by atoms with Gasteiger partial charge in [-0.2, -0.15) is 16.9 Å². The van der Waals surface area contributed by atoms with Crippen molar-refractivity contribution in [3.63, 3.8) is 0 Å². The maximum Gasteiger partial charge on any atom is 0.191 e. The minimum Gasteiger partial charge on any atom is -0.292 e. The highest BCUT2D eigenvalue weighted by Crippen LogP contribution is 2.13. The molecule has 0 N–H and O–H groups in total. The number of carbonyl (C=O) groups excluding carboxylic acids is 1. The molecule has 0 amide bonds. The first-order chi connectivity index (χ1) is 8.83. The van der Waals surface area contributed by atoms with E-state index in [9.17, 15) is 4.79 Å². The highest BCUT2D eigenvalue weighted by Gasteiger charge is 2.12. The van der Waals surface area contributed by atoms with Gasteiger partial charge in [0.15, 0.2) is 5.78 Å². The summed E-state index contributed by atoms with van der Waals surface area (Å²) in [6, 6.07) is 11.5. The lowest BCUT2D eigenvalue weighted by molar-refractivity contribution is 0.101. The number of thioether (sulfide) groups is 1. The quantitative estimate of drug-likeness (QED) is 0.591. The Labute approximate surface area is 111 Å². The largest absolute Gasteiger partial charge is 0.292 e. The van der Waals surface area contributed by atoms with Gasteiger partial charge in [0.05, 0.1) is 17.6 Å². The number of hydrogen-bond donors (Lipinski definition) is 0. The van der Waals surface area contributed by atoms with E-state index in [1.54, 1.807) is 28.7 Å². The number of para-hydroxylation sites is 1. The number of hydrogen-bond acceptors (Lipinski definition) is 3. The number of nitrogens with zero attached hydrogens (tertiary/aromatic N) is 2. The van der Waals surface area contributed by atoms with Crippen LogP contribution in [0.15, 0.2) is 42.6 Å². The molecule has 0 radical (unpaired) electrons. The van der Waals surface area contributed by atoms with E-state index in [-0.39, 0.29) is 5.78 Å². The maximum absolute atomic E-state index is 12.1. The Morgan fingerprint density at radius 3 is 2.78 bits per heavy atom. The molecule has 0 unspecified atom stereocenters. The van der Waals surface area contributed by atoms with Gasteiger partial charge in [0.1, 0.15) is 5.69 Å². The number of carbonyl (C=O) groups is 1. The molecule has 1 aromatic heterocycles. The zero-order valence-corrected chi connectivity index (χ0v) is 11.2. The average molecular weight is 260 g/mol. The summed E-state index contributed by atoms with van der Waals surface area (Å²) in [6.07, 6.45) is 2.76. The molecule has 0 saturated carbocycles. The Morgan fingerprint density at radius 1 is 1.28 bits per heavy atom. The Hall–Kier alpha value is -1.55. The molecular formula is C14H16N2OS. The second-order valence-electron chi connectivity index (χ2n) is 3.94. The normalized spacial score (nSPS) is 10.5. The number of ketones is 1. The van der Waals surface area contributed by atoms with Crippen LogP contribution in [0.2, 0.25) is 0 Å². The van der Waals surface area contributed by atoms with Gasteiger partial charge in [-0.3, -0.25) is 4.79 Å². The molecule has 4 heteroatoms. The Morgan fingerprint density at radius 2 is 2.06 bits per heavy atom. The molecule has 2 rings (SSSR count). The fourth-order valence-corrected chi connectivity index (χ4v) is 2.44. The molecule has 0 fully saturated rings. The van der Waals surface area contributed by atoms with Gasteiger partial charge < -0.3 is 0 Å². The molecular weight excluding hydrogens is 244 g/mol. The van der Waals surface area contributed by atoms with Crippen LogP contribution in [0.1, 0.15) is 23.8 Å². The van der Waals surface area contributed by atoms with E-state index >= 15 is 0 Å². The van der Waals surface area contributed by atoms with Crippen LogP contribution < -0.4 is 0 Å². The van der Waals surface area contributed by atoms with Crippen LogP contribution in [0.25, 0.3) is 5.69 Å². The molecule has 94 valence electrons. The highest BCUT2D eigenvalue weighted by atomic mass is 32.2. The van der Waals surface area contributed by atoms with Crippen LogP contribution in [-0.2, 0) is 0 Å². The fraction of sp³-hybridized carbons (Fsp3) is 0.286. The molecule has 3 nitrogen and oxygen atoms in total. The van der Waals surface area contributed by atoms with Crippen LogP contribution in [0, 0.1) is 0 Å². The van der Waals surface area contributed by atoms with Gasteiger partial charge in [0, 0.05) is 0 Å². The molecule has 0 aliphatic heterocycles. The average Bonchev–Trinajstić information content (AvgIpc) is 2.89. The van der Waals surface area contributed by atoms with Crippen molar-refractivity contribution in [3.05, 3.63) is 48.3 Å².